The first-order valence-corrected chi connectivity index (χ1v) is 10.2. The van der Waals surface area contributed by atoms with Crippen LogP contribution in [0.25, 0.3) is 16.9 Å². The van der Waals surface area contributed by atoms with E-state index in [0.717, 1.165) is 16.6 Å². The second kappa shape index (κ2) is 9.35. The number of nitrogens with zero attached hydrogens (tertiary/aromatic N) is 4. The lowest BCUT2D eigenvalue weighted by Gasteiger charge is -2.12. The molecule has 0 radical (unpaired) electrons. The van der Waals surface area contributed by atoms with E-state index in [1.54, 1.807) is 19.4 Å². The molecule has 2 aromatic carbocycles. The zero-order valence-electron chi connectivity index (χ0n) is 18.0. The van der Waals surface area contributed by atoms with Gasteiger partial charge < -0.3 is 14.8 Å². The van der Waals surface area contributed by atoms with Gasteiger partial charge in [0, 0.05) is 18.8 Å². The molecule has 0 bridgehead atoms. The zero-order chi connectivity index (χ0) is 23.4. The third-order valence-electron chi connectivity index (χ3n) is 4.99. The van der Waals surface area contributed by atoms with Crippen molar-refractivity contribution in [2.45, 2.75) is 13.5 Å². The number of pyridine rings is 1. The average Bonchev–Trinajstić information content (AvgIpc) is 3.27. The number of amides is 1. The van der Waals surface area contributed by atoms with Gasteiger partial charge in [-0.1, -0.05) is 18.2 Å². The van der Waals surface area contributed by atoms with Crippen LogP contribution in [0.5, 0.6) is 11.5 Å². The molecule has 33 heavy (non-hydrogen) atoms. The van der Waals surface area contributed by atoms with Crippen LogP contribution in [0.1, 0.15) is 22.8 Å². The van der Waals surface area contributed by atoms with Gasteiger partial charge in [0.15, 0.2) is 11.5 Å². The van der Waals surface area contributed by atoms with E-state index in [9.17, 15) is 14.9 Å². The maximum absolute atomic E-state index is 12.7. The Morgan fingerprint density at radius 1 is 1.15 bits per heavy atom. The van der Waals surface area contributed by atoms with Gasteiger partial charge in [0.1, 0.15) is 17.7 Å². The Morgan fingerprint density at radius 2 is 1.97 bits per heavy atom. The zero-order valence-corrected chi connectivity index (χ0v) is 18.0. The summed E-state index contributed by atoms with van der Waals surface area (Å²) in [7, 11) is 1.40. The lowest BCUT2D eigenvalue weighted by atomic mass is 10.1. The van der Waals surface area contributed by atoms with Crippen LogP contribution in [-0.2, 0) is 6.54 Å². The minimum atomic E-state index is -0.622. The van der Waals surface area contributed by atoms with Crippen LogP contribution in [0, 0.1) is 10.1 Å². The van der Waals surface area contributed by atoms with Crippen LogP contribution in [0.15, 0.2) is 61.1 Å². The number of ether oxygens (including phenoxy) is 2. The third kappa shape index (κ3) is 4.45. The lowest BCUT2D eigenvalue weighted by Crippen LogP contribution is -2.24. The lowest BCUT2D eigenvalue weighted by molar-refractivity contribution is -0.385. The van der Waals surface area contributed by atoms with E-state index in [-0.39, 0.29) is 29.3 Å². The average molecular weight is 447 g/mol. The van der Waals surface area contributed by atoms with Gasteiger partial charge in [-0.3, -0.25) is 19.5 Å². The fourth-order valence-electron chi connectivity index (χ4n) is 3.39. The van der Waals surface area contributed by atoms with Crippen LogP contribution in [-0.4, -0.2) is 39.1 Å². The predicted molar refractivity (Wildman–Crippen MR) is 121 cm³/mol. The number of para-hydroxylation sites is 2. The van der Waals surface area contributed by atoms with Gasteiger partial charge in [0.25, 0.3) is 11.6 Å². The van der Waals surface area contributed by atoms with E-state index in [0.29, 0.717) is 12.4 Å². The highest BCUT2D eigenvalue weighted by molar-refractivity contribution is 5.99. The first kappa shape index (κ1) is 21.8. The molecular weight excluding hydrogens is 426 g/mol. The summed E-state index contributed by atoms with van der Waals surface area (Å²) < 4.78 is 12.5. The summed E-state index contributed by atoms with van der Waals surface area (Å²) in [5.41, 5.74) is 2.05. The Bertz CT molecular complexity index is 1320. The quantitative estimate of drug-likeness (QED) is 0.323. The van der Waals surface area contributed by atoms with Crippen LogP contribution in [0.2, 0.25) is 0 Å². The van der Waals surface area contributed by atoms with Gasteiger partial charge in [0.05, 0.1) is 35.7 Å². The Kier molecular flexibility index (Phi) is 6.16. The summed E-state index contributed by atoms with van der Waals surface area (Å²) >= 11 is 0. The van der Waals surface area contributed by atoms with Crippen LogP contribution >= 0.6 is 0 Å². The fourth-order valence-corrected chi connectivity index (χ4v) is 3.39. The molecule has 0 unspecified atom stereocenters. The molecule has 0 saturated carbocycles. The van der Waals surface area contributed by atoms with Gasteiger partial charge in [-0.15, -0.1) is 0 Å². The molecule has 0 spiro atoms. The van der Waals surface area contributed by atoms with Crippen molar-refractivity contribution in [3.63, 3.8) is 0 Å². The summed E-state index contributed by atoms with van der Waals surface area (Å²) in [4.78, 5) is 32.4. The molecule has 0 atom stereocenters. The number of nitro benzene ring substituents is 1. The minimum absolute atomic E-state index is 0.116. The molecule has 0 fully saturated rings. The van der Waals surface area contributed by atoms with E-state index in [1.807, 2.05) is 41.0 Å². The molecule has 4 aromatic rings. The predicted octanol–water partition coefficient (Wildman–Crippen LogP) is 3.67. The molecule has 0 aliphatic rings. The summed E-state index contributed by atoms with van der Waals surface area (Å²) in [6.07, 6.45) is 3.34. The summed E-state index contributed by atoms with van der Waals surface area (Å²) in [6.45, 7) is 2.20. The standard InChI is InChI=1S/C23H21N5O5/c1-3-33-21-11-19(28(30)31)16(10-20(21)32-2)23(29)25-13-15-8-9-22(24-12-15)27-14-26-17-6-4-5-7-18(17)27/h4-12,14H,3,13H2,1-2H3,(H,25,29). The normalized spacial score (nSPS) is 10.7. The first-order chi connectivity index (χ1) is 16.0. The molecule has 10 heteroatoms. The number of fused-ring (bicyclic) bond motifs is 1. The van der Waals surface area contributed by atoms with E-state index < -0.39 is 10.8 Å². The molecule has 168 valence electrons. The minimum Gasteiger partial charge on any atom is -0.493 e. The molecule has 1 N–H and O–H groups in total. The highest BCUT2D eigenvalue weighted by atomic mass is 16.6. The number of nitrogens with one attached hydrogen (secondary N) is 1. The number of aromatic nitrogens is 3. The maximum atomic E-state index is 12.7. The molecule has 2 aromatic heterocycles. The van der Waals surface area contributed by atoms with Crippen molar-refractivity contribution in [3.05, 3.63) is 82.3 Å². The van der Waals surface area contributed by atoms with Crippen molar-refractivity contribution >= 4 is 22.6 Å². The van der Waals surface area contributed by atoms with Gasteiger partial charge >= 0.3 is 0 Å². The van der Waals surface area contributed by atoms with Gasteiger partial charge in [0.2, 0.25) is 0 Å². The molecule has 10 nitrogen and oxygen atoms in total. The van der Waals surface area contributed by atoms with Gasteiger partial charge in [-0.2, -0.15) is 0 Å². The molecule has 0 saturated heterocycles. The number of benzene rings is 2. The van der Waals surface area contributed by atoms with E-state index in [4.69, 9.17) is 9.47 Å². The van der Waals surface area contributed by atoms with E-state index in [2.05, 4.69) is 15.3 Å². The topological polar surface area (TPSA) is 121 Å². The van der Waals surface area contributed by atoms with Gasteiger partial charge in [-0.25, -0.2) is 9.97 Å². The number of imidazole rings is 1. The van der Waals surface area contributed by atoms with Crippen molar-refractivity contribution in [2.75, 3.05) is 13.7 Å². The second-order valence-electron chi connectivity index (χ2n) is 7.02. The SMILES string of the molecule is CCOc1cc([N+](=O)[O-])c(C(=O)NCc2ccc(-n3cnc4ccccc43)nc2)cc1OC. The highest BCUT2D eigenvalue weighted by Crippen LogP contribution is 2.34. The first-order valence-electron chi connectivity index (χ1n) is 10.2. The molecule has 0 aliphatic carbocycles. The summed E-state index contributed by atoms with van der Waals surface area (Å²) in [6, 6.07) is 13.9. The Hall–Kier alpha value is -4.47. The molecule has 4 rings (SSSR count). The number of carbonyl (C=O) groups is 1. The Morgan fingerprint density at radius 3 is 2.67 bits per heavy atom. The van der Waals surface area contributed by atoms with Crippen molar-refractivity contribution in [2.24, 2.45) is 0 Å². The molecular formula is C23H21N5O5. The van der Waals surface area contributed by atoms with Crippen molar-refractivity contribution in [1.29, 1.82) is 0 Å². The molecule has 0 aliphatic heterocycles. The largest absolute Gasteiger partial charge is 0.493 e. The second-order valence-corrected chi connectivity index (χ2v) is 7.02. The van der Waals surface area contributed by atoms with Crippen molar-refractivity contribution in [3.8, 4) is 17.3 Å². The third-order valence-corrected chi connectivity index (χ3v) is 4.99. The van der Waals surface area contributed by atoms with Crippen molar-refractivity contribution < 1.29 is 19.2 Å². The van der Waals surface area contributed by atoms with Gasteiger partial charge in [-0.05, 0) is 30.7 Å². The monoisotopic (exact) mass is 447 g/mol. The van der Waals surface area contributed by atoms with Crippen LogP contribution in [0.4, 0.5) is 5.69 Å². The number of carbonyl (C=O) groups excluding carboxylic acids is 1. The number of hydrogen-bond donors (Lipinski definition) is 1. The highest BCUT2D eigenvalue weighted by Gasteiger charge is 2.24. The Balaban J connectivity index is 1.51. The summed E-state index contributed by atoms with van der Waals surface area (Å²) in [5.74, 6) is 0.527. The van der Waals surface area contributed by atoms with Crippen LogP contribution in [0.3, 0.4) is 0 Å². The Labute approximate surface area is 189 Å². The molecule has 1 amide bonds. The number of hydrogen-bond acceptors (Lipinski definition) is 7. The van der Waals surface area contributed by atoms with Crippen LogP contribution < -0.4 is 14.8 Å². The number of nitro groups is 1. The number of methoxy groups -OCH3 is 1. The van der Waals surface area contributed by atoms with Crippen molar-refractivity contribution in [1.82, 2.24) is 19.9 Å². The number of rotatable bonds is 8. The fraction of sp³-hybridized carbons (Fsp3) is 0.174. The maximum Gasteiger partial charge on any atom is 0.286 e. The smallest absolute Gasteiger partial charge is 0.286 e. The van der Waals surface area contributed by atoms with E-state index >= 15 is 0 Å². The van der Waals surface area contributed by atoms with E-state index in [1.165, 1.54) is 19.2 Å². The summed E-state index contributed by atoms with van der Waals surface area (Å²) in [5, 5.41) is 14.2. The molecule has 2 heterocycles.